The van der Waals surface area contributed by atoms with E-state index in [4.69, 9.17) is 0 Å². The molecule has 1 aliphatic rings. The van der Waals surface area contributed by atoms with Gasteiger partial charge < -0.3 is 5.32 Å². The molecule has 8 heteroatoms. The van der Waals surface area contributed by atoms with E-state index in [0.29, 0.717) is 31.5 Å². The molecule has 3 rings (SSSR count). The Labute approximate surface area is 166 Å². The quantitative estimate of drug-likeness (QED) is 0.747. The lowest BCUT2D eigenvalue weighted by atomic mass is 9.97. The predicted molar refractivity (Wildman–Crippen MR) is 106 cm³/mol. The van der Waals surface area contributed by atoms with E-state index in [2.05, 4.69) is 21.2 Å². The van der Waals surface area contributed by atoms with Crippen molar-refractivity contribution in [3.63, 3.8) is 0 Å². The normalized spacial score (nSPS) is 16.2. The molecular formula is C19H20BrFN2O3S. The van der Waals surface area contributed by atoms with Crippen LogP contribution in [0.15, 0.2) is 53.0 Å². The number of benzene rings is 2. The van der Waals surface area contributed by atoms with E-state index in [1.807, 2.05) is 24.3 Å². The van der Waals surface area contributed by atoms with Crippen LogP contribution in [-0.4, -0.2) is 31.7 Å². The minimum atomic E-state index is -3.49. The monoisotopic (exact) mass is 454 g/mol. The summed E-state index contributed by atoms with van der Waals surface area (Å²) in [6.07, 6.45) is 0.954. The van der Waals surface area contributed by atoms with Crippen LogP contribution in [0.4, 0.5) is 10.1 Å². The van der Waals surface area contributed by atoms with Crippen molar-refractivity contribution in [2.75, 3.05) is 18.4 Å². The maximum atomic E-state index is 13.0. The number of carbonyl (C=O) groups excluding carboxylic acids is 1. The third kappa shape index (κ3) is 5.37. The highest BCUT2D eigenvalue weighted by Crippen LogP contribution is 2.23. The van der Waals surface area contributed by atoms with Gasteiger partial charge in [0.2, 0.25) is 15.9 Å². The second-order valence-electron chi connectivity index (χ2n) is 6.55. The molecule has 1 heterocycles. The number of carbonyl (C=O) groups is 1. The Bertz CT molecular complexity index is 894. The van der Waals surface area contributed by atoms with Crippen molar-refractivity contribution in [2.24, 2.45) is 5.92 Å². The van der Waals surface area contributed by atoms with Gasteiger partial charge in [0.05, 0.1) is 5.75 Å². The van der Waals surface area contributed by atoms with Gasteiger partial charge in [0.15, 0.2) is 0 Å². The Kier molecular flexibility index (Phi) is 6.29. The summed E-state index contributed by atoms with van der Waals surface area (Å²) < 4.78 is 40.4. The molecule has 2 aromatic rings. The van der Waals surface area contributed by atoms with Crippen molar-refractivity contribution in [1.29, 1.82) is 0 Å². The lowest BCUT2D eigenvalue weighted by Crippen LogP contribution is -2.41. The molecule has 0 bridgehead atoms. The number of amides is 1. The van der Waals surface area contributed by atoms with Crippen LogP contribution in [0.25, 0.3) is 0 Å². The largest absolute Gasteiger partial charge is 0.326 e. The van der Waals surface area contributed by atoms with Gasteiger partial charge in [-0.15, -0.1) is 0 Å². The van der Waals surface area contributed by atoms with Gasteiger partial charge in [-0.05, 0) is 54.8 Å². The average Bonchev–Trinajstić information content (AvgIpc) is 2.65. The molecule has 1 saturated heterocycles. The maximum absolute atomic E-state index is 13.0. The summed E-state index contributed by atoms with van der Waals surface area (Å²) in [7, 11) is -3.49. The minimum absolute atomic E-state index is 0.0899. The maximum Gasteiger partial charge on any atom is 0.227 e. The molecule has 27 heavy (non-hydrogen) atoms. The first-order chi connectivity index (χ1) is 12.8. The van der Waals surface area contributed by atoms with Gasteiger partial charge in [0.25, 0.3) is 0 Å². The van der Waals surface area contributed by atoms with Crippen LogP contribution in [0.3, 0.4) is 0 Å². The van der Waals surface area contributed by atoms with Crippen LogP contribution in [0.1, 0.15) is 18.4 Å². The van der Waals surface area contributed by atoms with E-state index in [0.717, 1.165) is 10.2 Å². The second kappa shape index (κ2) is 8.50. The van der Waals surface area contributed by atoms with Gasteiger partial charge in [-0.1, -0.05) is 28.1 Å². The number of hydrogen-bond acceptors (Lipinski definition) is 3. The summed E-state index contributed by atoms with van der Waals surface area (Å²) in [6, 6.07) is 12.8. The summed E-state index contributed by atoms with van der Waals surface area (Å²) in [4.78, 5) is 12.4. The Balaban J connectivity index is 1.55. The number of nitrogens with one attached hydrogen (secondary N) is 1. The molecule has 144 valence electrons. The van der Waals surface area contributed by atoms with Crippen molar-refractivity contribution in [2.45, 2.75) is 18.6 Å². The molecule has 2 aromatic carbocycles. The Morgan fingerprint density at radius 1 is 1.07 bits per heavy atom. The topological polar surface area (TPSA) is 66.5 Å². The van der Waals surface area contributed by atoms with Gasteiger partial charge in [-0.2, -0.15) is 0 Å². The molecule has 1 N–H and O–H groups in total. The smallest absolute Gasteiger partial charge is 0.227 e. The van der Waals surface area contributed by atoms with Crippen LogP contribution < -0.4 is 5.32 Å². The minimum Gasteiger partial charge on any atom is -0.326 e. The fraction of sp³-hybridized carbons (Fsp3) is 0.316. The summed E-state index contributed by atoms with van der Waals surface area (Å²) in [5.74, 6) is -0.865. The molecule has 0 aromatic heterocycles. The molecule has 0 saturated carbocycles. The highest BCUT2D eigenvalue weighted by molar-refractivity contribution is 9.10. The van der Waals surface area contributed by atoms with E-state index < -0.39 is 15.8 Å². The summed E-state index contributed by atoms with van der Waals surface area (Å²) in [5.41, 5.74) is 1.26. The number of anilines is 1. The summed E-state index contributed by atoms with van der Waals surface area (Å²) in [6.45, 7) is 0.615. The van der Waals surface area contributed by atoms with Crippen LogP contribution >= 0.6 is 15.9 Å². The van der Waals surface area contributed by atoms with E-state index in [9.17, 15) is 17.6 Å². The molecule has 0 spiro atoms. The van der Waals surface area contributed by atoms with Crippen molar-refractivity contribution >= 4 is 37.5 Å². The SMILES string of the molecule is O=C(Nc1ccc(Br)cc1)C1CCN(S(=O)(=O)Cc2ccc(F)cc2)CC1. The van der Waals surface area contributed by atoms with Gasteiger partial charge in [-0.3, -0.25) is 4.79 Å². The molecule has 0 aliphatic carbocycles. The van der Waals surface area contributed by atoms with E-state index in [1.54, 1.807) is 0 Å². The number of piperidine rings is 1. The van der Waals surface area contributed by atoms with Crippen LogP contribution in [-0.2, 0) is 20.6 Å². The van der Waals surface area contributed by atoms with E-state index >= 15 is 0 Å². The first-order valence-electron chi connectivity index (χ1n) is 8.62. The third-order valence-corrected chi connectivity index (χ3v) is 6.97. The van der Waals surface area contributed by atoms with Crippen LogP contribution in [0, 0.1) is 11.7 Å². The first-order valence-corrected chi connectivity index (χ1v) is 11.0. The van der Waals surface area contributed by atoms with Crippen molar-refractivity contribution in [1.82, 2.24) is 4.31 Å². The number of rotatable bonds is 5. The highest BCUT2D eigenvalue weighted by Gasteiger charge is 2.31. The van der Waals surface area contributed by atoms with Crippen molar-refractivity contribution in [3.8, 4) is 0 Å². The highest BCUT2D eigenvalue weighted by atomic mass is 79.9. The standard InChI is InChI=1S/C19H20BrFN2O3S/c20-16-3-7-18(8-4-16)22-19(24)15-9-11-23(12-10-15)27(25,26)13-14-1-5-17(21)6-2-14/h1-8,15H,9-13H2,(H,22,24). The zero-order valence-electron chi connectivity index (χ0n) is 14.6. The van der Waals surface area contributed by atoms with Crippen LogP contribution in [0.2, 0.25) is 0 Å². The summed E-state index contributed by atoms with van der Waals surface area (Å²) >= 11 is 3.35. The van der Waals surface area contributed by atoms with Gasteiger partial charge in [0.1, 0.15) is 5.82 Å². The molecule has 5 nitrogen and oxygen atoms in total. The second-order valence-corrected chi connectivity index (χ2v) is 9.44. The van der Waals surface area contributed by atoms with Crippen molar-refractivity contribution in [3.05, 3.63) is 64.4 Å². The van der Waals surface area contributed by atoms with Gasteiger partial charge >= 0.3 is 0 Å². The fourth-order valence-corrected chi connectivity index (χ4v) is 4.88. The lowest BCUT2D eigenvalue weighted by molar-refractivity contribution is -0.120. The Hall–Kier alpha value is -1.77. The molecule has 0 atom stereocenters. The molecule has 1 amide bonds. The third-order valence-electron chi connectivity index (χ3n) is 4.59. The van der Waals surface area contributed by atoms with Crippen LogP contribution in [0.5, 0.6) is 0 Å². The fourth-order valence-electron chi connectivity index (χ4n) is 3.06. The number of nitrogens with zero attached hydrogens (tertiary/aromatic N) is 1. The lowest BCUT2D eigenvalue weighted by Gasteiger charge is -2.30. The Morgan fingerprint density at radius 3 is 2.26 bits per heavy atom. The number of sulfonamides is 1. The van der Waals surface area contributed by atoms with Crippen molar-refractivity contribution < 1.29 is 17.6 Å². The van der Waals surface area contributed by atoms with E-state index in [1.165, 1.54) is 28.6 Å². The Morgan fingerprint density at radius 2 is 1.67 bits per heavy atom. The summed E-state index contributed by atoms with van der Waals surface area (Å²) in [5, 5.41) is 2.87. The molecule has 1 fully saturated rings. The van der Waals surface area contributed by atoms with E-state index in [-0.39, 0.29) is 17.6 Å². The molecule has 1 aliphatic heterocycles. The molecule has 0 radical (unpaired) electrons. The average molecular weight is 455 g/mol. The van der Waals surface area contributed by atoms with Gasteiger partial charge in [-0.25, -0.2) is 17.1 Å². The first kappa shape index (κ1) is 20.0. The van der Waals surface area contributed by atoms with Gasteiger partial charge in [0, 0.05) is 29.2 Å². The molecule has 0 unspecified atom stereocenters. The predicted octanol–water partition coefficient (Wildman–Crippen LogP) is 3.77. The zero-order valence-corrected chi connectivity index (χ0v) is 17.0. The zero-order chi connectivity index (χ0) is 19.4. The number of hydrogen-bond donors (Lipinski definition) is 1. The number of halogens is 2. The molecular weight excluding hydrogens is 435 g/mol.